The number of aromatic nitrogens is 2. The van der Waals surface area contributed by atoms with E-state index in [2.05, 4.69) is 34.5 Å². The minimum Gasteiger partial charge on any atom is -0.411 e. The Bertz CT molecular complexity index is 892. The van der Waals surface area contributed by atoms with E-state index < -0.39 is 0 Å². The molecule has 0 spiro atoms. The lowest BCUT2D eigenvalue weighted by molar-refractivity contribution is -0.127. The van der Waals surface area contributed by atoms with Gasteiger partial charge in [0, 0.05) is 24.1 Å². The van der Waals surface area contributed by atoms with Gasteiger partial charge in [-0.25, -0.2) is 0 Å². The van der Waals surface area contributed by atoms with Crippen LogP contribution in [-0.4, -0.2) is 40.1 Å². The van der Waals surface area contributed by atoms with Crippen molar-refractivity contribution in [2.24, 2.45) is 0 Å². The molecule has 0 aliphatic carbocycles. The van der Waals surface area contributed by atoms with E-state index in [1.807, 2.05) is 37.4 Å². The molecular weight excluding hydrogens is 378 g/mol. The summed E-state index contributed by atoms with van der Waals surface area (Å²) < 4.78 is 5.65. The van der Waals surface area contributed by atoms with Crippen LogP contribution in [0, 0.1) is 6.92 Å². The number of hydrogen-bond donors (Lipinski definition) is 0. The molecule has 0 bridgehead atoms. The maximum Gasteiger partial charge on any atom is 0.277 e. The lowest BCUT2D eigenvalue weighted by Gasteiger charge is -2.16. The van der Waals surface area contributed by atoms with Gasteiger partial charge in [0.25, 0.3) is 5.22 Å². The van der Waals surface area contributed by atoms with Gasteiger partial charge in [-0.05, 0) is 43.0 Å². The minimum atomic E-state index is 0.0176. The van der Waals surface area contributed by atoms with Gasteiger partial charge in [0.05, 0.1) is 5.75 Å². The molecule has 27 heavy (non-hydrogen) atoms. The van der Waals surface area contributed by atoms with Crippen LogP contribution in [0.1, 0.15) is 11.1 Å². The summed E-state index contributed by atoms with van der Waals surface area (Å²) in [6, 6.07) is 16.1. The van der Waals surface area contributed by atoms with Crippen molar-refractivity contribution in [3.05, 3.63) is 59.7 Å². The highest BCUT2D eigenvalue weighted by Gasteiger charge is 2.14. The highest BCUT2D eigenvalue weighted by Crippen LogP contribution is 2.23. The number of nitrogens with zero attached hydrogens (tertiary/aromatic N) is 3. The second-order valence-electron chi connectivity index (χ2n) is 6.13. The van der Waals surface area contributed by atoms with Crippen LogP contribution in [0.3, 0.4) is 0 Å². The van der Waals surface area contributed by atoms with E-state index >= 15 is 0 Å². The molecule has 3 aromatic rings. The summed E-state index contributed by atoms with van der Waals surface area (Å²) in [6.45, 7) is 2.60. The van der Waals surface area contributed by atoms with E-state index in [0.29, 0.717) is 17.7 Å². The third-order valence-electron chi connectivity index (χ3n) is 4.03. The van der Waals surface area contributed by atoms with Crippen molar-refractivity contribution in [3.63, 3.8) is 0 Å². The molecule has 0 N–H and O–H groups in total. The van der Waals surface area contributed by atoms with E-state index in [0.717, 1.165) is 11.1 Å². The molecule has 0 unspecified atom stereocenters. The summed E-state index contributed by atoms with van der Waals surface area (Å²) in [6.07, 6.45) is 2.05. The molecule has 0 atom stereocenters. The Morgan fingerprint density at radius 3 is 2.44 bits per heavy atom. The lowest BCUT2D eigenvalue weighted by atomic mass is 10.1. The van der Waals surface area contributed by atoms with Crippen LogP contribution in [-0.2, 0) is 11.3 Å². The number of carbonyl (C=O) groups is 1. The standard InChI is InChI=1S/C20H21N3O2S2/c1-14-4-8-16(9-5-14)19-21-22-20(25-19)27-13-18(24)23(2)12-15-6-10-17(26-3)11-7-15/h4-11H,12-13H2,1-3H3. The zero-order valence-electron chi connectivity index (χ0n) is 15.5. The third-order valence-corrected chi connectivity index (χ3v) is 5.58. The van der Waals surface area contributed by atoms with Gasteiger partial charge >= 0.3 is 0 Å². The Kier molecular flexibility index (Phi) is 6.58. The van der Waals surface area contributed by atoms with Crippen LogP contribution in [0.5, 0.6) is 0 Å². The molecule has 3 rings (SSSR count). The minimum absolute atomic E-state index is 0.0176. The van der Waals surface area contributed by atoms with Crippen molar-refractivity contribution in [3.8, 4) is 11.5 Å². The van der Waals surface area contributed by atoms with Crippen LogP contribution in [0.2, 0.25) is 0 Å². The van der Waals surface area contributed by atoms with Crippen molar-refractivity contribution in [1.29, 1.82) is 0 Å². The average Bonchev–Trinajstić information content (AvgIpc) is 3.16. The van der Waals surface area contributed by atoms with Crippen LogP contribution >= 0.6 is 23.5 Å². The number of carbonyl (C=O) groups excluding carboxylic acids is 1. The summed E-state index contributed by atoms with van der Waals surface area (Å²) in [4.78, 5) is 15.3. The van der Waals surface area contributed by atoms with Crippen molar-refractivity contribution in [2.45, 2.75) is 23.6 Å². The monoisotopic (exact) mass is 399 g/mol. The molecule has 0 fully saturated rings. The van der Waals surface area contributed by atoms with Gasteiger partial charge in [-0.15, -0.1) is 22.0 Å². The molecule has 7 heteroatoms. The Balaban J connectivity index is 1.53. The summed E-state index contributed by atoms with van der Waals surface area (Å²) in [5.41, 5.74) is 3.15. The molecule has 0 aliphatic heterocycles. The largest absolute Gasteiger partial charge is 0.411 e. The fraction of sp³-hybridized carbons (Fsp3) is 0.250. The number of amides is 1. The summed E-state index contributed by atoms with van der Waals surface area (Å²) in [5.74, 6) is 0.741. The summed E-state index contributed by atoms with van der Waals surface area (Å²) in [7, 11) is 1.80. The molecular formula is C20H21N3O2S2. The van der Waals surface area contributed by atoms with Crippen LogP contribution in [0.25, 0.3) is 11.5 Å². The summed E-state index contributed by atoms with van der Waals surface area (Å²) in [5, 5.41) is 8.48. The average molecular weight is 400 g/mol. The predicted molar refractivity (Wildman–Crippen MR) is 110 cm³/mol. The van der Waals surface area contributed by atoms with Gasteiger partial charge in [-0.2, -0.15) is 0 Å². The van der Waals surface area contributed by atoms with Gasteiger partial charge in [-0.1, -0.05) is 41.6 Å². The fourth-order valence-electron chi connectivity index (χ4n) is 2.41. The second kappa shape index (κ2) is 9.10. The number of hydrogen-bond acceptors (Lipinski definition) is 6. The van der Waals surface area contributed by atoms with E-state index in [4.69, 9.17) is 4.42 Å². The Hall–Kier alpha value is -2.25. The first kappa shape index (κ1) is 19.5. The first-order chi connectivity index (χ1) is 13.0. The maximum atomic E-state index is 12.4. The zero-order valence-corrected chi connectivity index (χ0v) is 17.1. The van der Waals surface area contributed by atoms with Crippen LogP contribution in [0.4, 0.5) is 0 Å². The quantitative estimate of drug-likeness (QED) is 0.545. The fourth-order valence-corrected chi connectivity index (χ4v) is 3.52. The predicted octanol–water partition coefficient (Wildman–Crippen LogP) is 4.52. The third kappa shape index (κ3) is 5.37. The van der Waals surface area contributed by atoms with Gasteiger partial charge < -0.3 is 9.32 Å². The van der Waals surface area contributed by atoms with Crippen LogP contribution in [0.15, 0.2) is 63.1 Å². The first-order valence-corrected chi connectivity index (χ1v) is 10.7. The van der Waals surface area contributed by atoms with E-state index in [1.165, 1.54) is 22.2 Å². The molecule has 1 aromatic heterocycles. The molecule has 0 saturated heterocycles. The van der Waals surface area contributed by atoms with Gasteiger partial charge in [0.2, 0.25) is 11.8 Å². The molecule has 2 aromatic carbocycles. The van der Waals surface area contributed by atoms with Gasteiger partial charge in [0.1, 0.15) is 0 Å². The SMILES string of the molecule is CSc1ccc(CN(C)C(=O)CSc2nnc(-c3ccc(C)cc3)o2)cc1. The van der Waals surface area contributed by atoms with Crippen molar-refractivity contribution in [2.75, 3.05) is 19.1 Å². The number of benzene rings is 2. The number of thioether (sulfide) groups is 2. The van der Waals surface area contributed by atoms with Crippen molar-refractivity contribution < 1.29 is 9.21 Å². The number of rotatable bonds is 7. The first-order valence-electron chi connectivity index (χ1n) is 8.45. The van der Waals surface area contributed by atoms with E-state index in [-0.39, 0.29) is 11.7 Å². The molecule has 140 valence electrons. The zero-order chi connectivity index (χ0) is 19.2. The second-order valence-corrected chi connectivity index (χ2v) is 7.93. The Morgan fingerprint density at radius 2 is 1.78 bits per heavy atom. The Labute approximate surface area is 167 Å². The molecule has 5 nitrogen and oxygen atoms in total. The highest BCUT2D eigenvalue weighted by molar-refractivity contribution is 7.99. The summed E-state index contributed by atoms with van der Waals surface area (Å²) >= 11 is 2.96. The molecule has 0 radical (unpaired) electrons. The van der Waals surface area contributed by atoms with Crippen molar-refractivity contribution in [1.82, 2.24) is 15.1 Å². The van der Waals surface area contributed by atoms with Gasteiger partial charge in [0.15, 0.2) is 0 Å². The maximum absolute atomic E-state index is 12.4. The smallest absolute Gasteiger partial charge is 0.277 e. The van der Waals surface area contributed by atoms with E-state index in [1.54, 1.807) is 23.7 Å². The molecule has 0 aliphatic rings. The normalized spacial score (nSPS) is 10.8. The highest BCUT2D eigenvalue weighted by atomic mass is 32.2. The van der Waals surface area contributed by atoms with E-state index in [9.17, 15) is 4.79 Å². The molecule has 1 amide bonds. The Morgan fingerprint density at radius 1 is 1.07 bits per heavy atom. The van der Waals surface area contributed by atoms with Gasteiger partial charge in [-0.3, -0.25) is 4.79 Å². The van der Waals surface area contributed by atoms with Crippen molar-refractivity contribution >= 4 is 29.4 Å². The molecule has 1 heterocycles. The number of aryl methyl sites for hydroxylation is 1. The lowest BCUT2D eigenvalue weighted by Crippen LogP contribution is -2.27. The van der Waals surface area contributed by atoms with Crippen LogP contribution < -0.4 is 0 Å². The molecule has 0 saturated carbocycles. The topological polar surface area (TPSA) is 59.2 Å².